The summed E-state index contributed by atoms with van der Waals surface area (Å²) in [6.07, 6.45) is 79.8. The number of carbonyl (C=O) groups excluding carboxylic acids is 3. The molecule has 0 radical (unpaired) electrons. The van der Waals surface area contributed by atoms with Gasteiger partial charge >= 0.3 is 17.9 Å². The summed E-state index contributed by atoms with van der Waals surface area (Å²) in [5, 5.41) is 0. The largest absolute Gasteiger partial charge is 0.462 e. The summed E-state index contributed by atoms with van der Waals surface area (Å²) in [6.45, 7) is 6.40. The summed E-state index contributed by atoms with van der Waals surface area (Å²) < 4.78 is 16.9. The lowest BCUT2D eigenvalue weighted by atomic mass is 10.0. The van der Waals surface area contributed by atoms with Gasteiger partial charge in [0, 0.05) is 19.3 Å². The summed E-state index contributed by atoms with van der Waals surface area (Å²) in [6, 6.07) is 0. The third kappa shape index (κ3) is 57.2. The number of esters is 3. The Morgan fingerprint density at radius 3 is 0.875 bits per heavy atom. The highest BCUT2D eigenvalue weighted by Crippen LogP contribution is 2.16. The van der Waals surface area contributed by atoms with Crippen molar-refractivity contribution in [2.75, 3.05) is 13.2 Å². The number of rotatable bonds is 54. The maximum atomic E-state index is 12.9. The molecule has 0 aromatic rings. The fourth-order valence-corrected chi connectivity index (χ4v) is 8.37. The number of carbonyl (C=O) groups is 3. The second-order valence-corrected chi connectivity index (χ2v) is 19.9. The molecule has 0 rings (SSSR count). The molecule has 1 unspecified atom stereocenters. The topological polar surface area (TPSA) is 78.9 Å². The lowest BCUT2D eigenvalue weighted by Gasteiger charge is -2.18. The number of allylic oxidation sites excluding steroid dienone is 16. The first-order chi connectivity index (χ1) is 35.5. The van der Waals surface area contributed by atoms with Crippen LogP contribution >= 0.6 is 0 Å². The van der Waals surface area contributed by atoms with Crippen molar-refractivity contribution in [1.82, 2.24) is 0 Å². The molecule has 0 aliphatic rings. The zero-order valence-corrected chi connectivity index (χ0v) is 47.2. The van der Waals surface area contributed by atoms with Crippen molar-refractivity contribution in [3.8, 4) is 0 Å². The van der Waals surface area contributed by atoms with Gasteiger partial charge in [-0.05, 0) is 96.3 Å². The molecule has 0 heterocycles. The molecule has 6 nitrogen and oxygen atoms in total. The second kappa shape index (κ2) is 59.9. The van der Waals surface area contributed by atoms with E-state index >= 15 is 0 Å². The van der Waals surface area contributed by atoms with Gasteiger partial charge in [0.2, 0.25) is 0 Å². The third-order valence-electron chi connectivity index (χ3n) is 12.8. The van der Waals surface area contributed by atoms with Crippen molar-refractivity contribution in [3.05, 3.63) is 97.2 Å². The monoisotopic (exact) mass is 1000 g/mol. The van der Waals surface area contributed by atoms with Crippen LogP contribution in [0.1, 0.15) is 284 Å². The van der Waals surface area contributed by atoms with E-state index in [1.54, 1.807) is 0 Å². The lowest BCUT2D eigenvalue weighted by molar-refractivity contribution is -0.167. The molecule has 1 atom stereocenters. The molecule has 0 saturated carbocycles. The summed E-state index contributed by atoms with van der Waals surface area (Å²) in [4.78, 5) is 38.2. The van der Waals surface area contributed by atoms with E-state index < -0.39 is 6.10 Å². The number of unbranched alkanes of at least 4 members (excludes halogenated alkanes) is 27. The Bertz CT molecular complexity index is 1430. The van der Waals surface area contributed by atoms with Gasteiger partial charge in [0.25, 0.3) is 0 Å². The van der Waals surface area contributed by atoms with Crippen molar-refractivity contribution in [2.45, 2.75) is 290 Å². The lowest BCUT2D eigenvalue weighted by Crippen LogP contribution is -2.30. The van der Waals surface area contributed by atoms with Gasteiger partial charge in [-0.2, -0.15) is 0 Å². The first-order valence-corrected chi connectivity index (χ1v) is 30.2. The molecule has 0 bridgehead atoms. The predicted octanol–water partition coefficient (Wildman–Crippen LogP) is 20.5. The van der Waals surface area contributed by atoms with E-state index in [4.69, 9.17) is 14.2 Å². The van der Waals surface area contributed by atoms with Crippen LogP contribution in [0.2, 0.25) is 0 Å². The van der Waals surface area contributed by atoms with E-state index in [2.05, 4.69) is 118 Å². The fourth-order valence-electron chi connectivity index (χ4n) is 8.37. The van der Waals surface area contributed by atoms with E-state index in [1.165, 1.54) is 128 Å². The molecule has 0 spiro atoms. The van der Waals surface area contributed by atoms with Gasteiger partial charge in [-0.3, -0.25) is 14.4 Å². The highest BCUT2D eigenvalue weighted by Gasteiger charge is 2.19. The minimum Gasteiger partial charge on any atom is -0.462 e. The van der Waals surface area contributed by atoms with E-state index in [0.29, 0.717) is 19.3 Å². The van der Waals surface area contributed by atoms with Gasteiger partial charge in [-0.1, -0.05) is 266 Å². The van der Waals surface area contributed by atoms with Crippen LogP contribution in [0.15, 0.2) is 97.2 Å². The molecule has 0 aromatic carbocycles. The Morgan fingerprint density at radius 1 is 0.292 bits per heavy atom. The Kier molecular flexibility index (Phi) is 56.8. The minimum absolute atomic E-state index is 0.0935. The summed E-state index contributed by atoms with van der Waals surface area (Å²) in [5.74, 6) is -0.935. The van der Waals surface area contributed by atoms with Crippen LogP contribution in [0.4, 0.5) is 0 Å². The number of ether oxygens (including phenoxy) is 3. The first kappa shape index (κ1) is 68.3. The Morgan fingerprint density at radius 2 is 0.542 bits per heavy atom. The minimum atomic E-state index is -0.798. The molecular weight excluding hydrogens is 889 g/mol. The number of hydrogen-bond donors (Lipinski definition) is 0. The van der Waals surface area contributed by atoms with Crippen molar-refractivity contribution in [1.29, 1.82) is 0 Å². The van der Waals surface area contributed by atoms with Gasteiger partial charge in [0.1, 0.15) is 13.2 Å². The van der Waals surface area contributed by atoms with Crippen molar-refractivity contribution in [2.24, 2.45) is 0 Å². The van der Waals surface area contributed by atoms with Crippen LogP contribution in [0, 0.1) is 0 Å². The standard InChI is InChI=1S/C66H112O6/c1-4-7-10-13-16-19-22-25-28-30-32-33-34-36-38-41-44-47-50-53-56-59-65(68)71-62-63(61-70-64(67)58-55-52-49-46-43-40-37-27-24-21-18-15-12-9-6-3)72-66(69)60-57-54-51-48-45-42-39-35-31-29-26-23-20-17-14-11-8-5-2/h7,9-10,12,16,18-19,21,25,27-28,32-33,37,43,46,63H,4-6,8,11,13-15,17,20,22-24,26,29-31,34-36,38-42,44-45,47-62H2,1-3H3/b10-7-,12-9-,19-16-,21-18-,28-25-,33-32-,37-27-,46-43-. The molecule has 412 valence electrons. The van der Waals surface area contributed by atoms with Crippen LogP contribution in [0.25, 0.3) is 0 Å². The van der Waals surface area contributed by atoms with Gasteiger partial charge in [0.05, 0.1) is 0 Å². The fraction of sp³-hybridized carbons (Fsp3) is 0.712. The molecule has 72 heavy (non-hydrogen) atoms. The summed E-state index contributed by atoms with van der Waals surface area (Å²) >= 11 is 0. The highest BCUT2D eigenvalue weighted by atomic mass is 16.6. The molecule has 0 N–H and O–H groups in total. The van der Waals surface area contributed by atoms with Crippen molar-refractivity contribution < 1.29 is 28.6 Å². The highest BCUT2D eigenvalue weighted by molar-refractivity contribution is 5.71. The summed E-state index contributed by atoms with van der Waals surface area (Å²) in [7, 11) is 0. The average Bonchev–Trinajstić information content (AvgIpc) is 3.38. The summed E-state index contributed by atoms with van der Waals surface area (Å²) in [5.41, 5.74) is 0. The van der Waals surface area contributed by atoms with E-state index in [0.717, 1.165) is 116 Å². The third-order valence-corrected chi connectivity index (χ3v) is 12.8. The van der Waals surface area contributed by atoms with Crippen molar-refractivity contribution >= 4 is 17.9 Å². The van der Waals surface area contributed by atoms with Crippen LogP contribution < -0.4 is 0 Å². The Hall–Kier alpha value is -3.67. The SMILES string of the molecule is CC/C=C\C/C=C\C/C=C\C/C=C\CCCCCCCCCCC(=O)OCC(COC(=O)CCCC/C=C\C/C=C\C/C=C\C/C=C\CC)OC(=O)CCCCCCCCCCCCCCCCCCCC. The van der Waals surface area contributed by atoms with E-state index in [9.17, 15) is 14.4 Å². The molecule has 0 aromatic heterocycles. The maximum Gasteiger partial charge on any atom is 0.306 e. The van der Waals surface area contributed by atoms with Gasteiger partial charge in [-0.15, -0.1) is 0 Å². The van der Waals surface area contributed by atoms with Crippen LogP contribution in [0.5, 0.6) is 0 Å². The normalized spacial score (nSPS) is 12.8. The number of hydrogen-bond acceptors (Lipinski definition) is 6. The molecule has 0 aliphatic heterocycles. The van der Waals surface area contributed by atoms with Gasteiger partial charge in [0.15, 0.2) is 6.10 Å². The second-order valence-electron chi connectivity index (χ2n) is 19.9. The molecule has 6 heteroatoms. The molecule has 0 aliphatic carbocycles. The zero-order chi connectivity index (χ0) is 52.2. The molecule has 0 saturated heterocycles. The average molecular weight is 1000 g/mol. The van der Waals surface area contributed by atoms with Crippen molar-refractivity contribution in [3.63, 3.8) is 0 Å². The maximum absolute atomic E-state index is 12.9. The van der Waals surface area contributed by atoms with E-state index in [1.807, 2.05) is 0 Å². The predicted molar refractivity (Wildman–Crippen MR) is 311 cm³/mol. The van der Waals surface area contributed by atoms with Crippen LogP contribution in [0.3, 0.4) is 0 Å². The van der Waals surface area contributed by atoms with Gasteiger partial charge < -0.3 is 14.2 Å². The Balaban J connectivity index is 4.42. The quantitative estimate of drug-likeness (QED) is 0.0261. The smallest absolute Gasteiger partial charge is 0.306 e. The first-order valence-electron chi connectivity index (χ1n) is 30.2. The van der Waals surface area contributed by atoms with E-state index in [-0.39, 0.29) is 31.1 Å². The van der Waals surface area contributed by atoms with Gasteiger partial charge in [-0.25, -0.2) is 0 Å². The Labute approximate surface area is 445 Å². The molecule has 0 amide bonds. The zero-order valence-electron chi connectivity index (χ0n) is 47.2. The van der Waals surface area contributed by atoms with Crippen LogP contribution in [-0.4, -0.2) is 37.2 Å². The van der Waals surface area contributed by atoms with Crippen LogP contribution in [-0.2, 0) is 28.6 Å². The molecule has 0 fully saturated rings. The molecular formula is C66H112O6.